The summed E-state index contributed by atoms with van der Waals surface area (Å²) < 4.78 is 0. The van der Waals surface area contributed by atoms with E-state index in [2.05, 4.69) is 16.0 Å². The summed E-state index contributed by atoms with van der Waals surface area (Å²) in [5.74, 6) is 0. The Kier molecular flexibility index (Phi) is 2.53. The van der Waals surface area contributed by atoms with Gasteiger partial charge in [0.1, 0.15) is 6.17 Å². The molecule has 0 unspecified atom stereocenters. The van der Waals surface area contributed by atoms with Crippen LogP contribution in [0, 0.1) is 0 Å². The van der Waals surface area contributed by atoms with E-state index in [-0.39, 0.29) is 6.17 Å². The summed E-state index contributed by atoms with van der Waals surface area (Å²) in [6, 6.07) is 8.73. The summed E-state index contributed by atoms with van der Waals surface area (Å²) in [7, 11) is 0. The summed E-state index contributed by atoms with van der Waals surface area (Å²) in [6.45, 7) is 0. The maximum Gasteiger partial charge on any atom is 0.324 e. The van der Waals surface area contributed by atoms with Crippen molar-refractivity contribution in [3.63, 3.8) is 0 Å². The van der Waals surface area contributed by atoms with Crippen LogP contribution in [0.2, 0.25) is 0 Å². The van der Waals surface area contributed by atoms with Crippen LogP contribution in [-0.4, -0.2) is 18.2 Å². The molecule has 1 saturated heterocycles. The van der Waals surface area contributed by atoms with Crippen LogP contribution in [0.1, 0.15) is 5.56 Å². The predicted molar refractivity (Wildman–Crippen MR) is 54.1 cm³/mol. The molecule has 0 aliphatic carbocycles. The molecule has 1 aromatic carbocycles. The first kappa shape index (κ1) is 9.51. The standard InChI is InChI=1S/C10H11N3O2/c14-9-11-8(12-10(15)13-9)6-7-4-2-1-3-5-7/h1-5,8H,6H2,(H3,11,12,13,14,15). The second kappa shape index (κ2) is 4.00. The van der Waals surface area contributed by atoms with E-state index in [4.69, 9.17) is 0 Å². The first-order valence-electron chi connectivity index (χ1n) is 4.66. The van der Waals surface area contributed by atoms with Gasteiger partial charge in [-0.15, -0.1) is 0 Å². The molecule has 5 nitrogen and oxygen atoms in total. The number of hydrogen-bond donors (Lipinski definition) is 3. The van der Waals surface area contributed by atoms with Crippen molar-refractivity contribution < 1.29 is 9.59 Å². The van der Waals surface area contributed by atoms with E-state index in [9.17, 15) is 9.59 Å². The van der Waals surface area contributed by atoms with Gasteiger partial charge in [-0.05, 0) is 5.56 Å². The van der Waals surface area contributed by atoms with Gasteiger partial charge in [0.25, 0.3) is 0 Å². The molecule has 0 saturated carbocycles. The summed E-state index contributed by atoms with van der Waals surface area (Å²) in [6.07, 6.45) is 0.244. The third kappa shape index (κ3) is 2.46. The van der Waals surface area contributed by atoms with Crippen molar-refractivity contribution in [1.82, 2.24) is 16.0 Å². The smallest absolute Gasteiger partial charge is 0.317 e. The third-order valence-electron chi connectivity index (χ3n) is 2.12. The Hall–Kier alpha value is -2.04. The van der Waals surface area contributed by atoms with Crippen molar-refractivity contribution in [2.45, 2.75) is 12.6 Å². The Balaban J connectivity index is 2.00. The van der Waals surface area contributed by atoms with E-state index >= 15 is 0 Å². The summed E-state index contributed by atoms with van der Waals surface area (Å²) >= 11 is 0. The molecule has 2 rings (SSSR count). The van der Waals surface area contributed by atoms with Crippen LogP contribution in [-0.2, 0) is 6.42 Å². The second-order valence-corrected chi connectivity index (χ2v) is 3.31. The lowest BCUT2D eigenvalue weighted by atomic mass is 10.1. The van der Waals surface area contributed by atoms with Crippen molar-refractivity contribution >= 4 is 12.1 Å². The van der Waals surface area contributed by atoms with Crippen molar-refractivity contribution in [3.05, 3.63) is 35.9 Å². The van der Waals surface area contributed by atoms with Crippen LogP contribution >= 0.6 is 0 Å². The van der Waals surface area contributed by atoms with Crippen LogP contribution in [0.3, 0.4) is 0 Å². The highest BCUT2D eigenvalue weighted by atomic mass is 16.2. The summed E-state index contributed by atoms with van der Waals surface area (Å²) in [5, 5.41) is 7.32. The molecule has 0 aromatic heterocycles. The van der Waals surface area contributed by atoms with Crippen molar-refractivity contribution in [2.75, 3.05) is 0 Å². The molecule has 5 heteroatoms. The van der Waals surface area contributed by atoms with Gasteiger partial charge in [0.2, 0.25) is 0 Å². The molecule has 1 aromatic rings. The van der Waals surface area contributed by atoms with Gasteiger partial charge in [0.05, 0.1) is 0 Å². The minimum Gasteiger partial charge on any atom is -0.317 e. The number of carbonyl (C=O) groups is 2. The normalized spacial score (nSPS) is 16.5. The Morgan fingerprint density at radius 3 is 2.20 bits per heavy atom. The number of rotatable bonds is 2. The van der Waals surface area contributed by atoms with E-state index in [1.807, 2.05) is 30.3 Å². The maximum atomic E-state index is 11.0. The first-order chi connectivity index (χ1) is 7.24. The highest BCUT2D eigenvalue weighted by Crippen LogP contribution is 2.02. The largest absolute Gasteiger partial charge is 0.324 e. The highest BCUT2D eigenvalue weighted by molar-refractivity contribution is 5.95. The van der Waals surface area contributed by atoms with Crippen molar-refractivity contribution in [2.24, 2.45) is 0 Å². The van der Waals surface area contributed by atoms with E-state index in [1.165, 1.54) is 0 Å². The predicted octanol–water partition coefficient (Wildman–Crippen LogP) is 0.578. The molecule has 0 bridgehead atoms. The summed E-state index contributed by atoms with van der Waals surface area (Å²) in [4.78, 5) is 22.0. The average Bonchev–Trinajstić information content (AvgIpc) is 2.17. The van der Waals surface area contributed by atoms with Gasteiger partial charge >= 0.3 is 12.1 Å². The lowest BCUT2D eigenvalue weighted by Gasteiger charge is -2.24. The van der Waals surface area contributed by atoms with Crippen molar-refractivity contribution in [1.29, 1.82) is 0 Å². The quantitative estimate of drug-likeness (QED) is 0.660. The Bertz CT molecular complexity index is 362. The molecule has 78 valence electrons. The molecule has 1 heterocycles. The number of hydrogen-bond acceptors (Lipinski definition) is 2. The SMILES string of the molecule is O=C1NC(=O)NC(Cc2ccccc2)N1. The molecule has 0 radical (unpaired) electrons. The second-order valence-electron chi connectivity index (χ2n) is 3.31. The Morgan fingerprint density at radius 2 is 1.60 bits per heavy atom. The van der Waals surface area contributed by atoms with Gasteiger partial charge in [-0.1, -0.05) is 30.3 Å². The molecular formula is C10H11N3O2. The Morgan fingerprint density at radius 1 is 1.00 bits per heavy atom. The maximum absolute atomic E-state index is 11.0. The number of carbonyl (C=O) groups excluding carboxylic acids is 2. The molecule has 1 aliphatic rings. The van der Waals surface area contributed by atoms with E-state index in [0.29, 0.717) is 6.42 Å². The molecular weight excluding hydrogens is 194 g/mol. The number of nitrogens with one attached hydrogen (secondary N) is 3. The molecule has 4 amide bonds. The monoisotopic (exact) mass is 205 g/mol. The fraction of sp³-hybridized carbons (Fsp3) is 0.200. The molecule has 1 fully saturated rings. The highest BCUT2D eigenvalue weighted by Gasteiger charge is 2.22. The minimum atomic E-state index is -0.459. The van der Waals surface area contributed by atoms with Gasteiger partial charge in [-0.3, -0.25) is 5.32 Å². The van der Waals surface area contributed by atoms with Crippen LogP contribution in [0.4, 0.5) is 9.59 Å². The zero-order chi connectivity index (χ0) is 10.7. The van der Waals surface area contributed by atoms with Crippen molar-refractivity contribution in [3.8, 4) is 0 Å². The van der Waals surface area contributed by atoms with Gasteiger partial charge in [0.15, 0.2) is 0 Å². The van der Waals surface area contributed by atoms with Gasteiger partial charge < -0.3 is 10.6 Å². The zero-order valence-corrected chi connectivity index (χ0v) is 7.99. The number of imide groups is 1. The molecule has 3 N–H and O–H groups in total. The van der Waals surface area contributed by atoms with Crippen LogP contribution in [0.5, 0.6) is 0 Å². The van der Waals surface area contributed by atoms with Gasteiger partial charge in [0, 0.05) is 6.42 Å². The Labute approximate surface area is 86.9 Å². The molecule has 0 atom stereocenters. The number of amides is 4. The summed E-state index contributed by atoms with van der Waals surface area (Å²) in [5.41, 5.74) is 1.06. The van der Waals surface area contributed by atoms with Gasteiger partial charge in [-0.2, -0.15) is 0 Å². The minimum absolute atomic E-state index is 0.339. The van der Waals surface area contributed by atoms with Gasteiger partial charge in [-0.25, -0.2) is 9.59 Å². The molecule has 15 heavy (non-hydrogen) atoms. The van der Waals surface area contributed by atoms with E-state index < -0.39 is 12.1 Å². The first-order valence-corrected chi connectivity index (χ1v) is 4.66. The van der Waals surface area contributed by atoms with Crippen LogP contribution < -0.4 is 16.0 Å². The topological polar surface area (TPSA) is 70.2 Å². The fourth-order valence-electron chi connectivity index (χ4n) is 1.48. The molecule has 1 aliphatic heterocycles. The van der Waals surface area contributed by atoms with E-state index in [1.54, 1.807) is 0 Å². The lowest BCUT2D eigenvalue weighted by molar-refractivity contribution is 0.209. The number of urea groups is 2. The van der Waals surface area contributed by atoms with Crippen LogP contribution in [0.15, 0.2) is 30.3 Å². The van der Waals surface area contributed by atoms with Crippen LogP contribution in [0.25, 0.3) is 0 Å². The molecule has 0 spiro atoms. The average molecular weight is 205 g/mol. The lowest BCUT2D eigenvalue weighted by Crippen LogP contribution is -2.62. The van der Waals surface area contributed by atoms with E-state index in [0.717, 1.165) is 5.56 Å². The number of benzene rings is 1. The zero-order valence-electron chi connectivity index (χ0n) is 7.99. The fourth-order valence-corrected chi connectivity index (χ4v) is 1.48. The third-order valence-corrected chi connectivity index (χ3v) is 2.12.